The van der Waals surface area contributed by atoms with Crippen molar-refractivity contribution >= 4 is 55.1 Å². The predicted molar refractivity (Wildman–Crippen MR) is 100 cm³/mol. The molecule has 23 heavy (non-hydrogen) atoms. The number of carbonyl (C=O) groups excluding carboxylic acids is 1. The number of hydrogen-bond acceptors (Lipinski definition) is 3. The maximum Gasteiger partial charge on any atom is 0.265 e. The second kappa shape index (κ2) is 7.19. The minimum Gasteiger partial charge on any atom is -0.279 e. The Kier molecular flexibility index (Phi) is 5.70. The van der Waals surface area contributed by atoms with Gasteiger partial charge in [-0.3, -0.25) is 9.10 Å². The summed E-state index contributed by atoms with van der Waals surface area (Å²) in [7, 11) is -3.90. The van der Waals surface area contributed by atoms with E-state index < -0.39 is 21.3 Å². The van der Waals surface area contributed by atoms with Gasteiger partial charge in [0.2, 0.25) is 5.24 Å². The molecule has 1 atom stereocenters. The molecule has 0 aliphatic heterocycles. The number of rotatable bonds is 5. The first kappa shape index (κ1) is 18.2. The van der Waals surface area contributed by atoms with Gasteiger partial charge in [0.05, 0.1) is 10.6 Å². The maximum atomic E-state index is 13.0. The van der Waals surface area contributed by atoms with E-state index in [4.69, 9.17) is 11.6 Å². The van der Waals surface area contributed by atoms with Crippen molar-refractivity contribution in [3.8, 4) is 0 Å². The molecule has 0 aromatic heterocycles. The van der Waals surface area contributed by atoms with E-state index in [0.717, 1.165) is 13.4 Å². The van der Waals surface area contributed by atoms with Gasteiger partial charge in [-0.1, -0.05) is 17.7 Å². The van der Waals surface area contributed by atoms with Gasteiger partial charge in [-0.15, -0.1) is 0 Å². The summed E-state index contributed by atoms with van der Waals surface area (Å²) in [5.41, 5.74) is 1.35. The van der Waals surface area contributed by atoms with E-state index in [0.29, 0.717) is 5.69 Å². The Morgan fingerprint density at radius 3 is 2.09 bits per heavy atom. The van der Waals surface area contributed by atoms with Gasteiger partial charge < -0.3 is 0 Å². The van der Waals surface area contributed by atoms with E-state index in [1.165, 1.54) is 19.1 Å². The summed E-state index contributed by atoms with van der Waals surface area (Å²) in [6.07, 6.45) is 0. The molecule has 0 heterocycles. The fraction of sp³-hybridized carbons (Fsp3) is 0.188. The molecule has 4 nitrogen and oxygen atoms in total. The minimum absolute atomic E-state index is 0.117. The third-order valence-electron chi connectivity index (χ3n) is 3.34. The smallest absolute Gasteiger partial charge is 0.265 e. The van der Waals surface area contributed by atoms with Crippen LogP contribution in [0.2, 0.25) is 0 Å². The quantitative estimate of drug-likeness (QED) is 0.498. The molecule has 0 bridgehead atoms. The first-order valence-electron chi connectivity index (χ1n) is 6.79. The first-order chi connectivity index (χ1) is 10.7. The van der Waals surface area contributed by atoms with Crippen LogP contribution in [0.1, 0.15) is 12.5 Å². The highest BCUT2D eigenvalue weighted by atomic mass is 127. The number of nitrogens with zero attached hydrogens (tertiary/aromatic N) is 1. The van der Waals surface area contributed by atoms with Crippen molar-refractivity contribution in [1.82, 2.24) is 0 Å². The molecule has 2 rings (SSSR count). The van der Waals surface area contributed by atoms with Gasteiger partial charge in [0.25, 0.3) is 10.0 Å². The molecule has 0 aliphatic rings. The van der Waals surface area contributed by atoms with Crippen molar-refractivity contribution < 1.29 is 13.2 Å². The summed E-state index contributed by atoms with van der Waals surface area (Å²) in [6.45, 7) is 3.34. The van der Waals surface area contributed by atoms with Gasteiger partial charge in [0.1, 0.15) is 6.04 Å². The second-order valence-electron chi connectivity index (χ2n) is 5.07. The van der Waals surface area contributed by atoms with E-state index in [1.807, 2.05) is 6.92 Å². The van der Waals surface area contributed by atoms with Crippen molar-refractivity contribution in [2.75, 3.05) is 4.31 Å². The van der Waals surface area contributed by atoms with Crippen LogP contribution in [0.4, 0.5) is 5.69 Å². The Balaban J connectivity index is 2.58. The van der Waals surface area contributed by atoms with Crippen LogP contribution in [-0.4, -0.2) is 19.7 Å². The van der Waals surface area contributed by atoms with Crippen LogP contribution < -0.4 is 4.31 Å². The molecule has 2 aromatic carbocycles. The average Bonchev–Trinajstić information content (AvgIpc) is 2.49. The Morgan fingerprint density at radius 1 is 1.09 bits per heavy atom. The Bertz CT molecular complexity index is 804. The molecule has 122 valence electrons. The number of sulfonamides is 1. The lowest BCUT2D eigenvalue weighted by atomic mass is 10.2. The summed E-state index contributed by atoms with van der Waals surface area (Å²) in [4.78, 5) is 11.7. The van der Waals surface area contributed by atoms with Gasteiger partial charge in [-0.25, -0.2) is 8.42 Å². The molecule has 0 N–H and O–H groups in total. The monoisotopic (exact) mass is 463 g/mol. The number of benzene rings is 2. The Morgan fingerprint density at radius 2 is 1.61 bits per heavy atom. The third kappa shape index (κ3) is 4.05. The van der Waals surface area contributed by atoms with Crippen molar-refractivity contribution in [2.24, 2.45) is 0 Å². The number of anilines is 1. The molecule has 0 fully saturated rings. The summed E-state index contributed by atoms with van der Waals surface area (Å²) in [5, 5.41) is -0.737. The molecule has 0 spiro atoms. The van der Waals surface area contributed by atoms with Gasteiger partial charge in [-0.2, -0.15) is 0 Å². The summed E-state index contributed by atoms with van der Waals surface area (Å²) >= 11 is 7.70. The van der Waals surface area contributed by atoms with Gasteiger partial charge in [0, 0.05) is 3.57 Å². The Labute approximate surface area is 154 Å². The van der Waals surface area contributed by atoms with Crippen LogP contribution in [0.5, 0.6) is 0 Å². The number of carbonyl (C=O) groups is 1. The van der Waals surface area contributed by atoms with Crippen LogP contribution >= 0.6 is 34.2 Å². The highest BCUT2D eigenvalue weighted by molar-refractivity contribution is 14.1. The number of hydrogen-bond donors (Lipinski definition) is 0. The number of halogens is 2. The van der Waals surface area contributed by atoms with E-state index in [-0.39, 0.29) is 4.90 Å². The minimum atomic E-state index is -3.90. The lowest BCUT2D eigenvalue weighted by Crippen LogP contribution is -2.42. The van der Waals surface area contributed by atoms with Crippen molar-refractivity contribution in [3.63, 3.8) is 0 Å². The Hall–Kier alpha value is -1.12. The molecule has 0 radical (unpaired) electrons. The fourth-order valence-electron chi connectivity index (χ4n) is 2.07. The molecule has 0 saturated carbocycles. The van der Waals surface area contributed by atoms with Gasteiger partial charge in [0.15, 0.2) is 0 Å². The van der Waals surface area contributed by atoms with Crippen LogP contribution in [0, 0.1) is 10.5 Å². The standard InChI is InChI=1S/C16H15ClINO3S/c1-11-3-9-15(10-4-11)23(21,22)19(12(2)16(17)20)14-7-5-13(18)6-8-14/h3-10,12H,1-2H3. The fourth-order valence-corrected chi connectivity index (χ4v) is 4.21. The molecule has 0 amide bonds. The summed E-state index contributed by atoms with van der Waals surface area (Å²) in [6, 6.07) is 12.3. The van der Waals surface area contributed by atoms with E-state index in [2.05, 4.69) is 22.6 Å². The zero-order valence-electron chi connectivity index (χ0n) is 12.5. The molecule has 0 saturated heterocycles. The van der Waals surface area contributed by atoms with Gasteiger partial charge >= 0.3 is 0 Å². The zero-order chi connectivity index (χ0) is 17.2. The molecular formula is C16H15ClINO3S. The third-order valence-corrected chi connectivity index (χ3v) is 6.29. The molecular weight excluding hydrogens is 449 g/mol. The topological polar surface area (TPSA) is 54.5 Å². The molecule has 1 unspecified atom stereocenters. The zero-order valence-corrected chi connectivity index (χ0v) is 16.3. The van der Waals surface area contributed by atoms with Gasteiger partial charge in [-0.05, 0) is 84.4 Å². The summed E-state index contributed by atoms with van der Waals surface area (Å²) in [5.74, 6) is 0. The van der Waals surface area contributed by atoms with Crippen LogP contribution in [0.15, 0.2) is 53.4 Å². The van der Waals surface area contributed by atoms with E-state index >= 15 is 0 Å². The van der Waals surface area contributed by atoms with Crippen molar-refractivity contribution in [3.05, 3.63) is 57.7 Å². The molecule has 7 heteroatoms. The molecule has 0 aliphatic carbocycles. The molecule has 2 aromatic rings. The lowest BCUT2D eigenvalue weighted by Gasteiger charge is -2.28. The van der Waals surface area contributed by atoms with Crippen molar-refractivity contribution in [2.45, 2.75) is 24.8 Å². The maximum absolute atomic E-state index is 13.0. The van der Waals surface area contributed by atoms with Crippen LogP contribution in [0.25, 0.3) is 0 Å². The van der Waals surface area contributed by atoms with Crippen LogP contribution in [0.3, 0.4) is 0 Å². The van der Waals surface area contributed by atoms with E-state index in [1.54, 1.807) is 36.4 Å². The average molecular weight is 464 g/mol. The van der Waals surface area contributed by atoms with Crippen molar-refractivity contribution in [1.29, 1.82) is 0 Å². The summed E-state index contributed by atoms with van der Waals surface area (Å²) < 4.78 is 28.0. The second-order valence-corrected chi connectivity index (χ2v) is 8.50. The highest BCUT2D eigenvalue weighted by Crippen LogP contribution is 2.27. The van der Waals surface area contributed by atoms with Crippen LogP contribution in [-0.2, 0) is 14.8 Å². The number of aryl methyl sites for hydroxylation is 1. The predicted octanol–water partition coefficient (Wildman–Crippen LogP) is 3.95. The SMILES string of the molecule is Cc1ccc(S(=O)(=O)N(c2ccc(I)cc2)C(C)C(=O)Cl)cc1. The normalized spacial score (nSPS) is 12.7. The highest BCUT2D eigenvalue weighted by Gasteiger charge is 2.32. The lowest BCUT2D eigenvalue weighted by molar-refractivity contribution is -0.112. The van der Waals surface area contributed by atoms with E-state index in [9.17, 15) is 13.2 Å². The largest absolute Gasteiger partial charge is 0.279 e. The first-order valence-corrected chi connectivity index (χ1v) is 9.69.